The monoisotopic (exact) mass is 343 g/mol. The van der Waals surface area contributed by atoms with Gasteiger partial charge in [-0.1, -0.05) is 0 Å². The first-order valence-electron chi connectivity index (χ1n) is 8.21. The standard InChI is InChI=1S/C18H21N3O4/c1-12-10-16(22)20-18(19-12)15-4-3-9-21(15)17(23)11-25-14-7-5-13(24-2)6-8-14/h5-8,10,15H,3-4,9,11H2,1-2H3,(H,19,20,22)/t15-/m0/s1. The Labute approximate surface area is 145 Å². The fourth-order valence-corrected chi connectivity index (χ4v) is 3.01. The molecule has 7 heteroatoms. The lowest BCUT2D eigenvalue weighted by atomic mass is 10.2. The number of H-pyrrole nitrogens is 1. The molecular formula is C18H21N3O4. The summed E-state index contributed by atoms with van der Waals surface area (Å²) in [6.07, 6.45) is 1.65. The van der Waals surface area contributed by atoms with E-state index in [1.54, 1.807) is 43.2 Å². The molecule has 132 valence electrons. The van der Waals surface area contributed by atoms with Gasteiger partial charge in [-0.25, -0.2) is 4.98 Å². The molecule has 1 aliphatic heterocycles. The van der Waals surface area contributed by atoms with Crippen molar-refractivity contribution in [2.24, 2.45) is 0 Å². The topological polar surface area (TPSA) is 84.5 Å². The normalized spacial score (nSPS) is 16.7. The maximum absolute atomic E-state index is 12.6. The summed E-state index contributed by atoms with van der Waals surface area (Å²) < 4.78 is 10.7. The first-order chi connectivity index (χ1) is 12.1. The second-order valence-electron chi connectivity index (χ2n) is 5.98. The van der Waals surface area contributed by atoms with Gasteiger partial charge in [0.15, 0.2) is 6.61 Å². The Kier molecular flexibility index (Phi) is 5.02. The van der Waals surface area contributed by atoms with Crippen molar-refractivity contribution in [1.29, 1.82) is 0 Å². The number of carbonyl (C=O) groups excluding carboxylic acids is 1. The second kappa shape index (κ2) is 7.38. The number of hydrogen-bond donors (Lipinski definition) is 1. The summed E-state index contributed by atoms with van der Waals surface area (Å²) in [5, 5.41) is 0. The number of rotatable bonds is 5. The number of carbonyl (C=O) groups is 1. The van der Waals surface area contributed by atoms with E-state index in [0.29, 0.717) is 23.8 Å². The number of nitrogens with zero attached hydrogens (tertiary/aromatic N) is 2. The molecule has 2 aromatic rings. The van der Waals surface area contributed by atoms with Crippen LogP contribution in [0.2, 0.25) is 0 Å². The van der Waals surface area contributed by atoms with Gasteiger partial charge in [0.1, 0.15) is 17.3 Å². The van der Waals surface area contributed by atoms with Crippen molar-refractivity contribution in [2.45, 2.75) is 25.8 Å². The van der Waals surface area contributed by atoms with Crippen LogP contribution in [0.25, 0.3) is 0 Å². The van der Waals surface area contributed by atoms with Crippen LogP contribution < -0.4 is 15.0 Å². The number of ether oxygens (including phenoxy) is 2. The number of aromatic nitrogens is 2. The molecule has 1 aliphatic rings. The van der Waals surface area contributed by atoms with Crippen molar-refractivity contribution >= 4 is 5.91 Å². The van der Waals surface area contributed by atoms with Crippen molar-refractivity contribution in [1.82, 2.24) is 14.9 Å². The Balaban J connectivity index is 1.66. The maximum atomic E-state index is 12.6. The average Bonchev–Trinajstić information content (AvgIpc) is 3.09. The minimum Gasteiger partial charge on any atom is -0.497 e. The van der Waals surface area contributed by atoms with Crippen LogP contribution in [0.4, 0.5) is 0 Å². The van der Waals surface area contributed by atoms with Crippen LogP contribution in [-0.2, 0) is 4.79 Å². The summed E-state index contributed by atoms with van der Waals surface area (Å²) in [5.74, 6) is 1.75. The zero-order chi connectivity index (χ0) is 17.8. The van der Waals surface area contributed by atoms with Crippen LogP contribution in [0, 0.1) is 6.92 Å². The zero-order valence-electron chi connectivity index (χ0n) is 14.3. The average molecular weight is 343 g/mol. The van der Waals surface area contributed by atoms with Gasteiger partial charge in [-0.05, 0) is 44.0 Å². The van der Waals surface area contributed by atoms with E-state index in [1.165, 1.54) is 6.07 Å². The second-order valence-corrected chi connectivity index (χ2v) is 5.98. The van der Waals surface area contributed by atoms with E-state index < -0.39 is 0 Å². The van der Waals surface area contributed by atoms with Crippen LogP contribution in [0.3, 0.4) is 0 Å². The van der Waals surface area contributed by atoms with Gasteiger partial charge in [0.25, 0.3) is 11.5 Å². The minimum atomic E-state index is -0.209. The first kappa shape index (κ1) is 17.0. The van der Waals surface area contributed by atoms with E-state index >= 15 is 0 Å². The van der Waals surface area contributed by atoms with Gasteiger partial charge in [-0.15, -0.1) is 0 Å². The van der Waals surface area contributed by atoms with E-state index in [9.17, 15) is 9.59 Å². The lowest BCUT2D eigenvalue weighted by molar-refractivity contribution is -0.134. The molecule has 2 heterocycles. The van der Waals surface area contributed by atoms with E-state index in [4.69, 9.17) is 9.47 Å². The Bertz CT molecular complexity index is 801. The predicted octanol–water partition coefficient (Wildman–Crippen LogP) is 1.83. The van der Waals surface area contributed by atoms with E-state index in [2.05, 4.69) is 9.97 Å². The molecular weight excluding hydrogens is 322 g/mol. The van der Waals surface area contributed by atoms with Crippen LogP contribution >= 0.6 is 0 Å². The number of aromatic amines is 1. The van der Waals surface area contributed by atoms with Gasteiger partial charge >= 0.3 is 0 Å². The number of methoxy groups -OCH3 is 1. The molecule has 1 amide bonds. The van der Waals surface area contributed by atoms with Gasteiger partial charge in [-0.2, -0.15) is 0 Å². The number of likely N-dealkylation sites (tertiary alicyclic amines) is 1. The Hall–Kier alpha value is -2.83. The molecule has 0 unspecified atom stereocenters. The minimum absolute atomic E-state index is 0.0567. The Morgan fingerprint density at radius 2 is 2.04 bits per heavy atom. The SMILES string of the molecule is COc1ccc(OCC(=O)N2CCC[C@H]2c2nc(C)cc(=O)[nH]2)cc1. The summed E-state index contributed by atoms with van der Waals surface area (Å²) in [6.45, 7) is 2.35. The molecule has 1 N–H and O–H groups in total. The van der Waals surface area contributed by atoms with Crippen molar-refractivity contribution in [3.63, 3.8) is 0 Å². The third-order valence-electron chi connectivity index (χ3n) is 4.20. The first-order valence-corrected chi connectivity index (χ1v) is 8.21. The maximum Gasteiger partial charge on any atom is 0.261 e. The van der Waals surface area contributed by atoms with Crippen LogP contribution in [0.5, 0.6) is 11.5 Å². The molecule has 0 radical (unpaired) electrons. The van der Waals surface area contributed by atoms with Gasteiger partial charge in [-0.3, -0.25) is 9.59 Å². The molecule has 1 aromatic heterocycles. The molecule has 0 saturated carbocycles. The molecule has 1 fully saturated rings. The summed E-state index contributed by atoms with van der Waals surface area (Å²) in [6, 6.07) is 8.30. The Morgan fingerprint density at radius 1 is 1.32 bits per heavy atom. The largest absolute Gasteiger partial charge is 0.497 e. The van der Waals surface area contributed by atoms with Gasteiger partial charge < -0.3 is 19.4 Å². The summed E-state index contributed by atoms with van der Waals surface area (Å²) in [4.78, 5) is 33.1. The fraction of sp³-hybridized carbons (Fsp3) is 0.389. The van der Waals surface area contributed by atoms with E-state index in [1.807, 2.05) is 0 Å². The number of benzene rings is 1. The molecule has 1 aromatic carbocycles. The van der Waals surface area contributed by atoms with Crippen LogP contribution in [0.15, 0.2) is 35.1 Å². The molecule has 1 saturated heterocycles. The van der Waals surface area contributed by atoms with Gasteiger partial charge in [0.05, 0.1) is 13.2 Å². The summed E-state index contributed by atoms with van der Waals surface area (Å²) >= 11 is 0. The zero-order valence-corrected chi connectivity index (χ0v) is 14.3. The molecule has 0 bridgehead atoms. The number of amides is 1. The highest BCUT2D eigenvalue weighted by Crippen LogP contribution is 2.29. The van der Waals surface area contributed by atoms with Crippen molar-refractivity contribution < 1.29 is 14.3 Å². The van der Waals surface area contributed by atoms with Crippen molar-refractivity contribution in [3.8, 4) is 11.5 Å². The number of aryl methyl sites for hydroxylation is 1. The molecule has 25 heavy (non-hydrogen) atoms. The van der Waals surface area contributed by atoms with Crippen molar-refractivity contribution in [2.75, 3.05) is 20.3 Å². The number of nitrogens with one attached hydrogen (secondary N) is 1. The highest BCUT2D eigenvalue weighted by molar-refractivity contribution is 5.78. The highest BCUT2D eigenvalue weighted by Gasteiger charge is 2.31. The third kappa shape index (κ3) is 3.99. The van der Waals surface area contributed by atoms with Gasteiger partial charge in [0.2, 0.25) is 0 Å². The molecule has 1 atom stereocenters. The smallest absolute Gasteiger partial charge is 0.261 e. The molecule has 3 rings (SSSR count). The Morgan fingerprint density at radius 3 is 2.72 bits per heavy atom. The number of hydrogen-bond acceptors (Lipinski definition) is 5. The predicted molar refractivity (Wildman–Crippen MR) is 91.8 cm³/mol. The van der Waals surface area contributed by atoms with Crippen molar-refractivity contribution in [3.05, 3.63) is 52.2 Å². The van der Waals surface area contributed by atoms with Crippen LogP contribution in [0.1, 0.15) is 30.4 Å². The molecule has 7 nitrogen and oxygen atoms in total. The van der Waals surface area contributed by atoms with Gasteiger partial charge in [0, 0.05) is 18.3 Å². The summed E-state index contributed by atoms with van der Waals surface area (Å²) in [5.41, 5.74) is 0.448. The lowest BCUT2D eigenvalue weighted by Crippen LogP contribution is -2.35. The molecule has 0 aliphatic carbocycles. The lowest BCUT2D eigenvalue weighted by Gasteiger charge is -2.24. The van der Waals surface area contributed by atoms with E-state index in [0.717, 1.165) is 18.6 Å². The molecule has 0 spiro atoms. The fourth-order valence-electron chi connectivity index (χ4n) is 3.01. The van der Waals surface area contributed by atoms with Crippen LogP contribution in [-0.4, -0.2) is 41.0 Å². The van der Waals surface area contributed by atoms with E-state index in [-0.39, 0.29) is 24.1 Å². The quantitative estimate of drug-likeness (QED) is 0.895. The summed E-state index contributed by atoms with van der Waals surface area (Å²) in [7, 11) is 1.59. The third-order valence-corrected chi connectivity index (χ3v) is 4.20. The highest BCUT2D eigenvalue weighted by atomic mass is 16.5.